The number of sulfonamides is 1. The van der Waals surface area contributed by atoms with Crippen molar-refractivity contribution in [1.82, 2.24) is 4.72 Å². The fourth-order valence-electron chi connectivity index (χ4n) is 1.84. The normalized spacial score (nSPS) is 13.1. The minimum Gasteiger partial charge on any atom is -0.207 e. The van der Waals surface area contributed by atoms with Crippen LogP contribution < -0.4 is 4.72 Å². The van der Waals surface area contributed by atoms with E-state index in [1.807, 2.05) is 0 Å². The summed E-state index contributed by atoms with van der Waals surface area (Å²) in [5.41, 5.74) is 0.199. The first-order valence-corrected chi connectivity index (χ1v) is 8.00. The Kier molecular flexibility index (Phi) is 4.79. The van der Waals surface area contributed by atoms with Crippen LogP contribution in [0.2, 0.25) is 5.02 Å². The summed E-state index contributed by atoms with van der Waals surface area (Å²) in [5.74, 6) is -3.22. The van der Waals surface area contributed by atoms with E-state index in [1.54, 1.807) is 0 Å². The summed E-state index contributed by atoms with van der Waals surface area (Å²) in [7, 11) is -4.21. The van der Waals surface area contributed by atoms with E-state index in [0.717, 1.165) is 18.2 Å². The smallest absolute Gasteiger partial charge is 0.207 e. The molecule has 2 aromatic rings. The fourth-order valence-corrected chi connectivity index (χ4v) is 3.40. The first kappa shape index (κ1) is 16.8. The molecule has 0 radical (unpaired) electrons. The van der Waals surface area contributed by atoms with Crippen LogP contribution in [0.4, 0.5) is 13.2 Å². The van der Waals surface area contributed by atoms with E-state index in [2.05, 4.69) is 4.72 Å². The molecule has 3 nitrogen and oxygen atoms in total. The Morgan fingerprint density at radius 2 is 1.77 bits per heavy atom. The van der Waals surface area contributed by atoms with Crippen LogP contribution in [0.25, 0.3) is 0 Å². The summed E-state index contributed by atoms with van der Waals surface area (Å²) in [6.45, 7) is 1.42. The number of benzene rings is 2. The molecular formula is C14H11ClF3NO2S. The number of rotatable bonds is 4. The Balaban J connectivity index is 2.31. The van der Waals surface area contributed by atoms with Gasteiger partial charge in [-0.25, -0.2) is 26.3 Å². The first-order valence-electron chi connectivity index (χ1n) is 6.13. The van der Waals surface area contributed by atoms with Gasteiger partial charge in [0.1, 0.15) is 4.90 Å². The third-order valence-corrected chi connectivity index (χ3v) is 4.83. The van der Waals surface area contributed by atoms with Crippen LogP contribution in [0.15, 0.2) is 41.3 Å². The maximum Gasteiger partial charge on any atom is 0.244 e. The molecular weight excluding hydrogens is 339 g/mol. The zero-order valence-electron chi connectivity index (χ0n) is 11.3. The van der Waals surface area contributed by atoms with Crippen molar-refractivity contribution in [1.29, 1.82) is 0 Å². The predicted molar refractivity (Wildman–Crippen MR) is 76.5 cm³/mol. The van der Waals surface area contributed by atoms with E-state index >= 15 is 0 Å². The van der Waals surface area contributed by atoms with Crippen LogP contribution >= 0.6 is 11.6 Å². The molecule has 0 aliphatic heterocycles. The van der Waals surface area contributed by atoms with Gasteiger partial charge >= 0.3 is 0 Å². The summed E-state index contributed by atoms with van der Waals surface area (Å²) >= 11 is 5.55. The molecule has 0 saturated heterocycles. The molecule has 0 heterocycles. The second kappa shape index (κ2) is 6.28. The molecule has 2 aromatic carbocycles. The lowest BCUT2D eigenvalue weighted by Gasteiger charge is -2.15. The number of halogens is 4. The quantitative estimate of drug-likeness (QED) is 0.912. The van der Waals surface area contributed by atoms with E-state index in [1.165, 1.54) is 25.1 Å². The van der Waals surface area contributed by atoms with E-state index in [-0.39, 0.29) is 10.6 Å². The van der Waals surface area contributed by atoms with Crippen molar-refractivity contribution < 1.29 is 21.6 Å². The van der Waals surface area contributed by atoms with Crippen molar-refractivity contribution in [3.8, 4) is 0 Å². The minimum atomic E-state index is -4.21. The second-order valence-electron chi connectivity index (χ2n) is 4.57. The second-order valence-corrected chi connectivity index (χ2v) is 6.66. The molecule has 8 heteroatoms. The average molecular weight is 350 g/mol. The van der Waals surface area contributed by atoms with Gasteiger partial charge in [-0.3, -0.25) is 0 Å². The molecule has 2 rings (SSSR count). The van der Waals surface area contributed by atoms with E-state index in [4.69, 9.17) is 11.6 Å². The van der Waals surface area contributed by atoms with Crippen LogP contribution in [0.5, 0.6) is 0 Å². The Labute approximate surface area is 130 Å². The third-order valence-electron chi connectivity index (χ3n) is 2.98. The van der Waals surface area contributed by atoms with Gasteiger partial charge in [-0.1, -0.05) is 23.7 Å². The molecule has 0 saturated carbocycles. The molecule has 1 atom stereocenters. The lowest BCUT2D eigenvalue weighted by Crippen LogP contribution is -2.27. The van der Waals surface area contributed by atoms with Gasteiger partial charge in [0, 0.05) is 6.04 Å². The summed E-state index contributed by atoms with van der Waals surface area (Å²) in [4.78, 5) is -0.616. The zero-order valence-corrected chi connectivity index (χ0v) is 12.9. The van der Waals surface area contributed by atoms with Gasteiger partial charge < -0.3 is 0 Å². The Morgan fingerprint density at radius 3 is 2.41 bits per heavy atom. The standard InChI is InChI=1S/C14H11ClF3NO2S/c1-8(9-5-6-11(16)12(17)7-9)19-22(20,21)13-4-2-3-10(15)14(13)18/h2-8,19H,1H3. The highest BCUT2D eigenvalue weighted by Crippen LogP contribution is 2.24. The number of nitrogens with one attached hydrogen (secondary N) is 1. The molecule has 0 fully saturated rings. The maximum absolute atomic E-state index is 13.8. The summed E-state index contributed by atoms with van der Waals surface area (Å²) < 4.78 is 66.4. The van der Waals surface area contributed by atoms with Crippen molar-refractivity contribution >= 4 is 21.6 Å². The molecule has 0 aromatic heterocycles. The lowest BCUT2D eigenvalue weighted by molar-refractivity contribution is 0.504. The average Bonchev–Trinajstić information content (AvgIpc) is 2.44. The van der Waals surface area contributed by atoms with Crippen LogP contribution in [0.3, 0.4) is 0 Å². The minimum absolute atomic E-state index is 0.199. The van der Waals surface area contributed by atoms with Gasteiger partial charge in [0.15, 0.2) is 17.5 Å². The van der Waals surface area contributed by atoms with Crippen LogP contribution in [0, 0.1) is 17.5 Å². The Bertz CT molecular complexity index is 812. The van der Waals surface area contributed by atoms with Gasteiger partial charge in [-0.05, 0) is 36.8 Å². The first-order chi connectivity index (χ1) is 10.2. The van der Waals surface area contributed by atoms with E-state index < -0.39 is 38.4 Å². The molecule has 1 unspecified atom stereocenters. The summed E-state index contributed by atoms with van der Waals surface area (Å²) in [6, 6.07) is 5.67. The fraction of sp³-hybridized carbons (Fsp3) is 0.143. The molecule has 118 valence electrons. The number of hydrogen-bond donors (Lipinski definition) is 1. The Morgan fingerprint density at radius 1 is 1.09 bits per heavy atom. The van der Waals surface area contributed by atoms with E-state index in [0.29, 0.717) is 0 Å². The third kappa shape index (κ3) is 3.43. The Hall–Kier alpha value is -1.57. The predicted octanol–water partition coefficient (Wildman–Crippen LogP) is 3.80. The van der Waals surface area contributed by atoms with Crippen LogP contribution in [-0.4, -0.2) is 8.42 Å². The van der Waals surface area contributed by atoms with Crippen molar-refractivity contribution in [3.63, 3.8) is 0 Å². The molecule has 0 spiro atoms. The molecule has 0 bridgehead atoms. The molecule has 1 N–H and O–H groups in total. The van der Waals surface area contributed by atoms with E-state index in [9.17, 15) is 21.6 Å². The molecule has 0 amide bonds. The van der Waals surface area contributed by atoms with Crippen molar-refractivity contribution in [2.45, 2.75) is 17.9 Å². The largest absolute Gasteiger partial charge is 0.244 e. The maximum atomic E-state index is 13.8. The SMILES string of the molecule is CC(NS(=O)(=O)c1cccc(Cl)c1F)c1ccc(F)c(F)c1. The van der Waals surface area contributed by atoms with Crippen molar-refractivity contribution in [2.24, 2.45) is 0 Å². The highest BCUT2D eigenvalue weighted by molar-refractivity contribution is 7.89. The van der Waals surface area contributed by atoms with Gasteiger partial charge in [0.2, 0.25) is 10.0 Å². The molecule has 0 aliphatic carbocycles. The monoisotopic (exact) mass is 349 g/mol. The van der Waals surface area contributed by atoms with Gasteiger partial charge in [-0.15, -0.1) is 0 Å². The van der Waals surface area contributed by atoms with Crippen molar-refractivity contribution in [3.05, 3.63) is 64.4 Å². The molecule has 0 aliphatic rings. The van der Waals surface area contributed by atoms with Gasteiger partial charge in [0.05, 0.1) is 5.02 Å². The van der Waals surface area contributed by atoms with Gasteiger partial charge in [-0.2, -0.15) is 0 Å². The topological polar surface area (TPSA) is 46.2 Å². The summed E-state index contributed by atoms with van der Waals surface area (Å²) in [6.07, 6.45) is 0. The summed E-state index contributed by atoms with van der Waals surface area (Å²) in [5, 5.41) is -0.330. The van der Waals surface area contributed by atoms with Crippen LogP contribution in [0.1, 0.15) is 18.5 Å². The highest BCUT2D eigenvalue weighted by Gasteiger charge is 2.23. The lowest BCUT2D eigenvalue weighted by atomic mass is 10.1. The molecule has 22 heavy (non-hydrogen) atoms. The van der Waals surface area contributed by atoms with Gasteiger partial charge in [0.25, 0.3) is 0 Å². The van der Waals surface area contributed by atoms with Crippen LogP contribution in [-0.2, 0) is 10.0 Å². The number of hydrogen-bond acceptors (Lipinski definition) is 2. The highest BCUT2D eigenvalue weighted by atomic mass is 35.5. The zero-order chi connectivity index (χ0) is 16.5. The van der Waals surface area contributed by atoms with Crippen molar-refractivity contribution in [2.75, 3.05) is 0 Å².